The molecule has 0 saturated heterocycles. The average Bonchev–Trinajstić information content (AvgIpc) is 2.93. The molecule has 1 N–H and O–H groups in total. The number of hydrogen-bond donors (Lipinski definition) is 1. The third-order valence-corrected chi connectivity index (χ3v) is 7.91. The van der Waals surface area contributed by atoms with Crippen LogP contribution in [0.25, 0.3) is 0 Å². The lowest BCUT2D eigenvalue weighted by atomic mass is 10.0. The minimum Gasteiger partial charge on any atom is -0.352 e. The molecule has 0 spiro atoms. The maximum atomic E-state index is 14.1. The largest absolute Gasteiger partial charge is 0.352 e. The molecule has 0 aliphatic carbocycles. The second kappa shape index (κ2) is 13.9. The molecule has 208 valence electrons. The van der Waals surface area contributed by atoms with Crippen LogP contribution in [-0.2, 0) is 39.0 Å². The van der Waals surface area contributed by atoms with Crippen LogP contribution in [0, 0.1) is 0 Å². The third kappa shape index (κ3) is 8.42. The molecule has 7 nitrogen and oxygen atoms in total. The van der Waals surface area contributed by atoms with Gasteiger partial charge in [0.1, 0.15) is 12.6 Å². The van der Waals surface area contributed by atoms with E-state index in [0.717, 1.165) is 33.7 Å². The van der Waals surface area contributed by atoms with Gasteiger partial charge < -0.3 is 10.2 Å². The monoisotopic (exact) mass is 549 g/mol. The van der Waals surface area contributed by atoms with Crippen molar-refractivity contribution in [3.8, 4) is 0 Å². The first kappa shape index (κ1) is 29.9. The van der Waals surface area contributed by atoms with Crippen LogP contribution < -0.4 is 9.62 Å². The fraction of sp³-hybridized carbons (Fsp3) is 0.355. The standard InChI is InChI=1S/C31H39N3O4S/c1-5-24(3)32-31(36)29(21-25-15-9-7-10-16-25)33(22-26-17-11-8-12-18-26)30(35)23-34(39(4,37)38)28-20-14-13-19-27(28)6-2/h7-20,24,29H,5-6,21-23H2,1-4H3,(H,32,36)/t24-,29+/m1/s1. The van der Waals surface area contributed by atoms with Crippen molar-refractivity contribution in [2.45, 2.75) is 58.7 Å². The molecule has 3 aromatic carbocycles. The Morgan fingerprint density at radius 3 is 1.97 bits per heavy atom. The zero-order valence-corrected chi connectivity index (χ0v) is 24.0. The van der Waals surface area contributed by atoms with E-state index in [-0.39, 0.29) is 18.5 Å². The van der Waals surface area contributed by atoms with Crippen molar-refractivity contribution in [3.63, 3.8) is 0 Å². The molecule has 3 aromatic rings. The number of carbonyl (C=O) groups is 2. The van der Waals surface area contributed by atoms with E-state index in [9.17, 15) is 18.0 Å². The summed E-state index contributed by atoms with van der Waals surface area (Å²) in [4.78, 5) is 29.3. The molecule has 39 heavy (non-hydrogen) atoms. The number of rotatable bonds is 13. The summed E-state index contributed by atoms with van der Waals surface area (Å²) in [5.74, 6) is -0.715. The van der Waals surface area contributed by atoms with Crippen molar-refractivity contribution in [3.05, 3.63) is 102 Å². The second-order valence-corrected chi connectivity index (χ2v) is 11.7. The number of hydrogen-bond acceptors (Lipinski definition) is 4. The van der Waals surface area contributed by atoms with Crippen LogP contribution in [-0.4, -0.2) is 50.0 Å². The second-order valence-electron chi connectivity index (χ2n) is 9.78. The summed E-state index contributed by atoms with van der Waals surface area (Å²) < 4.78 is 27.1. The summed E-state index contributed by atoms with van der Waals surface area (Å²) in [6.45, 7) is 5.60. The van der Waals surface area contributed by atoms with Crippen molar-refractivity contribution < 1.29 is 18.0 Å². The summed E-state index contributed by atoms with van der Waals surface area (Å²) in [6, 6.07) is 25.3. The highest BCUT2D eigenvalue weighted by molar-refractivity contribution is 7.92. The lowest BCUT2D eigenvalue weighted by Gasteiger charge is -2.34. The van der Waals surface area contributed by atoms with Crippen molar-refractivity contribution >= 4 is 27.5 Å². The van der Waals surface area contributed by atoms with E-state index in [2.05, 4.69) is 5.32 Å². The van der Waals surface area contributed by atoms with Gasteiger partial charge in [0.25, 0.3) is 0 Å². The zero-order valence-electron chi connectivity index (χ0n) is 23.2. The molecule has 0 heterocycles. The molecule has 0 aliphatic rings. The fourth-order valence-electron chi connectivity index (χ4n) is 4.42. The molecule has 0 aliphatic heterocycles. The van der Waals surface area contributed by atoms with Crippen molar-refractivity contribution in [2.24, 2.45) is 0 Å². The van der Waals surface area contributed by atoms with Gasteiger partial charge >= 0.3 is 0 Å². The van der Waals surface area contributed by atoms with Crippen LogP contribution >= 0.6 is 0 Å². The van der Waals surface area contributed by atoms with E-state index in [1.807, 2.05) is 93.6 Å². The number of carbonyl (C=O) groups excluding carboxylic acids is 2. The predicted octanol–water partition coefficient (Wildman–Crippen LogP) is 4.57. The minimum atomic E-state index is -3.79. The van der Waals surface area contributed by atoms with Gasteiger partial charge in [-0.25, -0.2) is 8.42 Å². The summed E-state index contributed by atoms with van der Waals surface area (Å²) in [5.41, 5.74) is 3.05. The number of anilines is 1. The summed E-state index contributed by atoms with van der Waals surface area (Å²) in [5, 5.41) is 3.04. The van der Waals surface area contributed by atoms with Gasteiger partial charge in [0, 0.05) is 19.0 Å². The first-order chi connectivity index (χ1) is 18.6. The van der Waals surface area contributed by atoms with Gasteiger partial charge in [0.15, 0.2) is 0 Å². The van der Waals surface area contributed by atoms with Gasteiger partial charge in [-0.2, -0.15) is 0 Å². The topological polar surface area (TPSA) is 86.8 Å². The highest BCUT2D eigenvalue weighted by atomic mass is 32.2. The Hall–Kier alpha value is -3.65. The summed E-state index contributed by atoms with van der Waals surface area (Å²) >= 11 is 0. The molecule has 2 amide bonds. The SMILES string of the molecule is CCc1ccccc1N(CC(=O)N(Cc1ccccc1)[C@@H](Cc1ccccc1)C(=O)N[C@H](C)CC)S(C)(=O)=O. The van der Waals surface area contributed by atoms with E-state index in [4.69, 9.17) is 0 Å². The number of nitrogens with one attached hydrogen (secondary N) is 1. The van der Waals surface area contributed by atoms with Gasteiger partial charge in [0.05, 0.1) is 11.9 Å². The average molecular weight is 550 g/mol. The normalized spacial score (nSPS) is 12.8. The number of para-hydroxylation sites is 1. The molecule has 2 atom stereocenters. The van der Waals surface area contributed by atoms with Crippen molar-refractivity contribution in [1.82, 2.24) is 10.2 Å². The Morgan fingerprint density at radius 1 is 0.846 bits per heavy atom. The molecule has 0 aromatic heterocycles. The van der Waals surface area contributed by atoms with Gasteiger partial charge in [-0.3, -0.25) is 13.9 Å². The molecule has 3 rings (SSSR count). The molecule has 0 saturated carbocycles. The smallest absolute Gasteiger partial charge is 0.244 e. The van der Waals surface area contributed by atoms with Gasteiger partial charge in [-0.15, -0.1) is 0 Å². The van der Waals surface area contributed by atoms with Gasteiger partial charge in [0.2, 0.25) is 21.8 Å². The predicted molar refractivity (Wildman–Crippen MR) is 157 cm³/mol. The highest BCUT2D eigenvalue weighted by Crippen LogP contribution is 2.24. The lowest BCUT2D eigenvalue weighted by Crippen LogP contribution is -2.54. The Balaban J connectivity index is 2.06. The number of aryl methyl sites for hydroxylation is 1. The van der Waals surface area contributed by atoms with Crippen molar-refractivity contribution in [2.75, 3.05) is 17.1 Å². The number of amides is 2. The molecule has 0 unspecified atom stereocenters. The number of benzene rings is 3. The quantitative estimate of drug-likeness (QED) is 0.338. The van der Waals surface area contributed by atoms with Crippen LogP contribution in [0.5, 0.6) is 0 Å². The van der Waals surface area contributed by atoms with Crippen LogP contribution in [0.15, 0.2) is 84.9 Å². The zero-order chi connectivity index (χ0) is 28.4. The van der Waals surface area contributed by atoms with E-state index >= 15 is 0 Å². The van der Waals surface area contributed by atoms with Crippen LogP contribution in [0.3, 0.4) is 0 Å². The Morgan fingerprint density at radius 2 is 1.41 bits per heavy atom. The molecular formula is C31H39N3O4S. The maximum absolute atomic E-state index is 14.1. The Labute approximate surface area is 232 Å². The molecule has 8 heteroatoms. The third-order valence-electron chi connectivity index (χ3n) is 6.79. The lowest BCUT2D eigenvalue weighted by molar-refractivity contribution is -0.140. The molecule has 0 bridgehead atoms. The molecular weight excluding hydrogens is 510 g/mol. The van der Waals surface area contributed by atoms with Crippen LogP contribution in [0.4, 0.5) is 5.69 Å². The minimum absolute atomic E-state index is 0.0756. The van der Waals surface area contributed by atoms with E-state index in [0.29, 0.717) is 18.5 Å². The summed E-state index contributed by atoms with van der Waals surface area (Å²) in [6.07, 6.45) is 2.75. The first-order valence-corrected chi connectivity index (χ1v) is 15.2. The number of sulfonamides is 1. The van der Waals surface area contributed by atoms with Crippen molar-refractivity contribution in [1.29, 1.82) is 0 Å². The van der Waals surface area contributed by atoms with Crippen LogP contribution in [0.1, 0.15) is 43.9 Å². The first-order valence-electron chi connectivity index (χ1n) is 13.4. The van der Waals surface area contributed by atoms with Crippen LogP contribution in [0.2, 0.25) is 0 Å². The Bertz CT molecular complexity index is 1330. The molecule has 0 fully saturated rings. The van der Waals surface area contributed by atoms with Gasteiger partial charge in [-0.05, 0) is 42.5 Å². The van der Waals surface area contributed by atoms with E-state index in [1.54, 1.807) is 12.1 Å². The molecule has 0 radical (unpaired) electrons. The fourth-order valence-corrected chi connectivity index (χ4v) is 5.30. The van der Waals surface area contributed by atoms with E-state index < -0.39 is 28.5 Å². The van der Waals surface area contributed by atoms with E-state index in [1.165, 1.54) is 4.90 Å². The number of nitrogens with zero attached hydrogens (tertiary/aromatic N) is 2. The maximum Gasteiger partial charge on any atom is 0.244 e. The Kier molecular flexibility index (Phi) is 10.7. The van der Waals surface area contributed by atoms with Gasteiger partial charge in [-0.1, -0.05) is 92.7 Å². The summed E-state index contributed by atoms with van der Waals surface area (Å²) in [7, 11) is -3.79. The highest BCUT2D eigenvalue weighted by Gasteiger charge is 2.33.